The van der Waals surface area contributed by atoms with E-state index in [-0.39, 0.29) is 43.1 Å². The molecule has 2 saturated heterocycles. The topological polar surface area (TPSA) is 145 Å². The van der Waals surface area contributed by atoms with Crippen LogP contribution in [0.3, 0.4) is 0 Å². The zero-order chi connectivity index (χ0) is 24.7. The van der Waals surface area contributed by atoms with Gasteiger partial charge in [-0.3, -0.25) is 24.5 Å². The van der Waals surface area contributed by atoms with Crippen LogP contribution in [0.2, 0.25) is 0 Å². The molecule has 2 N–H and O–H groups in total. The van der Waals surface area contributed by atoms with E-state index in [1.807, 2.05) is 13.8 Å². The van der Waals surface area contributed by atoms with Gasteiger partial charge in [-0.15, -0.1) is 5.10 Å². The average Bonchev–Trinajstić information content (AvgIpc) is 3.43. The Hall–Kier alpha value is -3.64. The Balaban J connectivity index is 1.27. The van der Waals surface area contributed by atoms with Crippen molar-refractivity contribution >= 4 is 23.6 Å². The Bertz CT molecular complexity index is 1210. The van der Waals surface area contributed by atoms with Gasteiger partial charge in [0.25, 0.3) is 11.8 Å². The van der Waals surface area contributed by atoms with Gasteiger partial charge in [-0.25, -0.2) is 4.68 Å². The third-order valence-corrected chi connectivity index (χ3v) is 6.60. The standard InChI is InChI=1S/C23H26N6O6/c1-23(2)18(34-7-8-35-23)10-24-20(31)16-12-29(27-26-16)14-4-3-13-11-28(22(33)15(13)9-14)17-5-6-19(30)25-21(17)32/h3-4,9,12,17-18H,5-8,10-11H2,1-2H3,(H,24,31)(H,25,30,32). The number of imide groups is 1. The number of benzene rings is 1. The van der Waals surface area contributed by atoms with Crippen LogP contribution in [0.5, 0.6) is 0 Å². The summed E-state index contributed by atoms with van der Waals surface area (Å²) in [6.07, 6.45) is 1.69. The summed E-state index contributed by atoms with van der Waals surface area (Å²) in [5.74, 6) is -1.47. The fraction of sp³-hybridized carbons (Fsp3) is 0.478. The maximum atomic E-state index is 13.0. The van der Waals surface area contributed by atoms with Crippen LogP contribution in [-0.4, -0.2) is 81.0 Å². The first-order valence-electron chi connectivity index (χ1n) is 11.5. The number of piperidine rings is 1. The number of fused-ring (bicyclic) bond motifs is 1. The van der Waals surface area contributed by atoms with Crippen molar-refractivity contribution < 1.29 is 28.7 Å². The highest BCUT2D eigenvalue weighted by Gasteiger charge is 2.39. The highest BCUT2D eigenvalue weighted by atomic mass is 16.6. The minimum atomic E-state index is -0.679. The molecule has 0 bridgehead atoms. The molecule has 35 heavy (non-hydrogen) atoms. The lowest BCUT2D eigenvalue weighted by molar-refractivity contribution is -0.183. The van der Waals surface area contributed by atoms with Crippen molar-refractivity contribution in [1.29, 1.82) is 0 Å². The highest BCUT2D eigenvalue weighted by Crippen LogP contribution is 2.29. The maximum absolute atomic E-state index is 13.0. The van der Waals surface area contributed by atoms with Crippen molar-refractivity contribution in [2.24, 2.45) is 0 Å². The average molecular weight is 482 g/mol. The first kappa shape index (κ1) is 23.1. The summed E-state index contributed by atoms with van der Waals surface area (Å²) in [6.45, 7) is 5.36. The number of nitrogens with one attached hydrogen (secondary N) is 2. The summed E-state index contributed by atoms with van der Waals surface area (Å²) in [6, 6.07) is 4.54. The molecule has 2 fully saturated rings. The van der Waals surface area contributed by atoms with Gasteiger partial charge < -0.3 is 19.7 Å². The van der Waals surface area contributed by atoms with Crippen LogP contribution in [0.4, 0.5) is 0 Å². The second kappa shape index (κ2) is 8.86. The van der Waals surface area contributed by atoms with Crippen molar-refractivity contribution in [3.63, 3.8) is 0 Å². The summed E-state index contributed by atoms with van der Waals surface area (Å²) in [7, 11) is 0. The van der Waals surface area contributed by atoms with E-state index in [0.717, 1.165) is 5.56 Å². The number of carbonyl (C=O) groups excluding carboxylic acids is 4. The van der Waals surface area contributed by atoms with E-state index in [4.69, 9.17) is 9.47 Å². The van der Waals surface area contributed by atoms with Crippen molar-refractivity contribution in [2.75, 3.05) is 19.8 Å². The molecular formula is C23H26N6O6. The van der Waals surface area contributed by atoms with Crippen molar-refractivity contribution in [1.82, 2.24) is 30.5 Å². The lowest BCUT2D eigenvalue weighted by Gasteiger charge is -2.38. The van der Waals surface area contributed by atoms with E-state index < -0.39 is 23.5 Å². The van der Waals surface area contributed by atoms with E-state index in [0.29, 0.717) is 30.9 Å². The lowest BCUT2D eigenvalue weighted by atomic mass is 10.0. The van der Waals surface area contributed by atoms with Gasteiger partial charge in [0.05, 0.1) is 30.7 Å². The van der Waals surface area contributed by atoms with Crippen LogP contribution >= 0.6 is 0 Å². The number of carbonyl (C=O) groups is 4. The maximum Gasteiger partial charge on any atom is 0.273 e. The van der Waals surface area contributed by atoms with Crippen molar-refractivity contribution in [3.8, 4) is 5.69 Å². The Labute approximate surface area is 200 Å². The predicted octanol–water partition coefficient (Wildman–Crippen LogP) is -0.0479. The highest BCUT2D eigenvalue weighted by molar-refractivity contribution is 6.05. The second-order valence-corrected chi connectivity index (χ2v) is 9.31. The minimum Gasteiger partial charge on any atom is -0.371 e. The molecule has 1 aromatic carbocycles. The molecule has 4 heterocycles. The van der Waals surface area contributed by atoms with E-state index >= 15 is 0 Å². The Morgan fingerprint density at radius 3 is 2.86 bits per heavy atom. The third-order valence-electron chi connectivity index (χ3n) is 6.60. The Morgan fingerprint density at radius 2 is 2.09 bits per heavy atom. The number of nitrogens with zero attached hydrogens (tertiary/aromatic N) is 4. The summed E-state index contributed by atoms with van der Waals surface area (Å²) < 4.78 is 12.8. The molecule has 184 valence electrons. The van der Waals surface area contributed by atoms with Crippen LogP contribution in [0, 0.1) is 0 Å². The zero-order valence-corrected chi connectivity index (χ0v) is 19.4. The molecule has 2 unspecified atom stereocenters. The Kier molecular flexibility index (Phi) is 5.85. The fourth-order valence-corrected chi connectivity index (χ4v) is 4.55. The summed E-state index contributed by atoms with van der Waals surface area (Å²) >= 11 is 0. The minimum absolute atomic E-state index is 0.122. The lowest BCUT2D eigenvalue weighted by Crippen LogP contribution is -2.52. The molecule has 0 aliphatic carbocycles. The summed E-state index contributed by atoms with van der Waals surface area (Å²) in [5.41, 5.74) is 1.39. The largest absolute Gasteiger partial charge is 0.371 e. The molecule has 5 rings (SSSR count). The van der Waals surface area contributed by atoms with Crippen LogP contribution in [0.15, 0.2) is 24.4 Å². The van der Waals surface area contributed by atoms with Gasteiger partial charge in [0.1, 0.15) is 12.1 Å². The first-order valence-corrected chi connectivity index (χ1v) is 11.5. The van der Waals surface area contributed by atoms with E-state index in [1.165, 1.54) is 15.8 Å². The quantitative estimate of drug-likeness (QED) is 0.565. The van der Waals surface area contributed by atoms with Crippen LogP contribution in [0.25, 0.3) is 5.69 Å². The molecule has 3 aliphatic rings. The number of rotatable bonds is 5. The van der Waals surface area contributed by atoms with Crippen LogP contribution in [0.1, 0.15) is 53.1 Å². The number of amides is 4. The summed E-state index contributed by atoms with van der Waals surface area (Å²) in [5, 5.41) is 13.1. The summed E-state index contributed by atoms with van der Waals surface area (Å²) in [4.78, 5) is 50.8. The van der Waals surface area contributed by atoms with Crippen molar-refractivity contribution in [3.05, 3.63) is 41.2 Å². The van der Waals surface area contributed by atoms with Gasteiger partial charge in [-0.2, -0.15) is 0 Å². The molecule has 12 heteroatoms. The Morgan fingerprint density at radius 1 is 1.26 bits per heavy atom. The molecule has 12 nitrogen and oxygen atoms in total. The first-order chi connectivity index (χ1) is 16.7. The second-order valence-electron chi connectivity index (χ2n) is 9.31. The van der Waals surface area contributed by atoms with Crippen LogP contribution < -0.4 is 10.6 Å². The zero-order valence-electron chi connectivity index (χ0n) is 19.4. The molecule has 4 amide bonds. The molecule has 0 saturated carbocycles. The molecular weight excluding hydrogens is 456 g/mol. The monoisotopic (exact) mass is 482 g/mol. The molecule has 2 aromatic rings. The van der Waals surface area contributed by atoms with Gasteiger partial charge >= 0.3 is 0 Å². The van der Waals surface area contributed by atoms with Gasteiger partial charge in [-0.1, -0.05) is 11.3 Å². The van der Waals surface area contributed by atoms with Gasteiger partial charge in [0, 0.05) is 25.1 Å². The number of hydrogen-bond donors (Lipinski definition) is 2. The van der Waals surface area contributed by atoms with Gasteiger partial charge in [0.2, 0.25) is 11.8 Å². The normalized spacial score (nSPS) is 23.7. The van der Waals surface area contributed by atoms with E-state index in [1.54, 1.807) is 18.2 Å². The number of aromatic nitrogens is 3. The van der Waals surface area contributed by atoms with Crippen molar-refractivity contribution in [2.45, 2.75) is 51.0 Å². The molecule has 0 radical (unpaired) electrons. The molecule has 1 aromatic heterocycles. The number of hydrogen-bond acceptors (Lipinski definition) is 8. The molecule has 3 aliphatic heterocycles. The van der Waals surface area contributed by atoms with E-state index in [9.17, 15) is 19.2 Å². The number of ether oxygens (including phenoxy) is 2. The van der Waals surface area contributed by atoms with Crippen LogP contribution in [-0.2, 0) is 25.6 Å². The SMILES string of the molecule is CC1(C)OCCOC1CNC(=O)c1cn(-c2ccc3c(c2)C(=O)N(C2CCC(=O)NC2=O)C3)nn1. The van der Waals surface area contributed by atoms with E-state index in [2.05, 4.69) is 20.9 Å². The predicted molar refractivity (Wildman–Crippen MR) is 120 cm³/mol. The third kappa shape index (κ3) is 4.42. The smallest absolute Gasteiger partial charge is 0.273 e. The van der Waals surface area contributed by atoms with Gasteiger partial charge in [-0.05, 0) is 38.0 Å². The molecule has 0 spiro atoms. The molecule has 2 atom stereocenters. The fourth-order valence-electron chi connectivity index (χ4n) is 4.55. The van der Waals surface area contributed by atoms with Gasteiger partial charge in [0.15, 0.2) is 5.69 Å².